The standard InChI is InChI=1S/C20H21N3O3/c1-15-13-17(7-8-18(15)25-12-11-24)22-20-21-10-9-19(23-20)26-14-16-5-3-2-4-6-16/h2-10,13,24H,11-12,14H2,1H3,(H,21,22,23). The molecule has 0 bridgehead atoms. The highest BCUT2D eigenvalue weighted by atomic mass is 16.5. The summed E-state index contributed by atoms with van der Waals surface area (Å²) in [6, 6.07) is 17.3. The zero-order chi connectivity index (χ0) is 18.2. The molecule has 0 saturated carbocycles. The number of aryl methyl sites for hydroxylation is 1. The third-order valence-corrected chi connectivity index (χ3v) is 3.64. The Labute approximate surface area is 152 Å². The molecule has 3 rings (SSSR count). The highest BCUT2D eigenvalue weighted by Gasteiger charge is 2.05. The normalized spacial score (nSPS) is 10.4. The molecular formula is C20H21N3O3. The van der Waals surface area contributed by atoms with Gasteiger partial charge in [-0.05, 0) is 36.2 Å². The molecule has 6 nitrogen and oxygen atoms in total. The second-order valence-electron chi connectivity index (χ2n) is 5.67. The topological polar surface area (TPSA) is 76.5 Å². The number of hydrogen-bond donors (Lipinski definition) is 2. The number of nitrogens with zero attached hydrogens (tertiary/aromatic N) is 2. The number of ether oxygens (including phenoxy) is 2. The van der Waals surface area contributed by atoms with Gasteiger partial charge in [-0.2, -0.15) is 4.98 Å². The summed E-state index contributed by atoms with van der Waals surface area (Å²) in [5.41, 5.74) is 2.88. The van der Waals surface area contributed by atoms with Gasteiger partial charge in [0.15, 0.2) is 0 Å². The Hall–Kier alpha value is -3.12. The number of aliphatic hydroxyl groups excluding tert-OH is 1. The van der Waals surface area contributed by atoms with Crippen molar-refractivity contribution in [2.24, 2.45) is 0 Å². The van der Waals surface area contributed by atoms with Crippen molar-refractivity contribution in [3.05, 3.63) is 71.9 Å². The smallest absolute Gasteiger partial charge is 0.230 e. The fraction of sp³-hybridized carbons (Fsp3) is 0.200. The maximum atomic E-state index is 8.84. The lowest BCUT2D eigenvalue weighted by Crippen LogP contribution is -2.04. The van der Waals surface area contributed by atoms with Crippen LogP contribution >= 0.6 is 0 Å². The predicted molar refractivity (Wildman–Crippen MR) is 99.8 cm³/mol. The van der Waals surface area contributed by atoms with E-state index in [0.717, 1.165) is 22.6 Å². The van der Waals surface area contributed by atoms with Gasteiger partial charge >= 0.3 is 0 Å². The van der Waals surface area contributed by atoms with E-state index >= 15 is 0 Å². The van der Waals surface area contributed by atoms with Crippen LogP contribution in [0.3, 0.4) is 0 Å². The number of hydrogen-bond acceptors (Lipinski definition) is 6. The Morgan fingerprint density at radius 1 is 1.04 bits per heavy atom. The van der Waals surface area contributed by atoms with Gasteiger partial charge in [-0.1, -0.05) is 30.3 Å². The average molecular weight is 351 g/mol. The molecule has 2 N–H and O–H groups in total. The summed E-state index contributed by atoms with van der Waals surface area (Å²) in [5.74, 6) is 1.70. The molecule has 0 aliphatic carbocycles. The van der Waals surface area contributed by atoms with Crippen molar-refractivity contribution >= 4 is 11.6 Å². The predicted octanol–water partition coefficient (Wildman–Crippen LogP) is 3.48. The average Bonchev–Trinajstić information content (AvgIpc) is 2.67. The molecule has 6 heteroatoms. The number of aliphatic hydroxyl groups is 1. The molecule has 134 valence electrons. The fourth-order valence-corrected chi connectivity index (χ4v) is 2.39. The molecule has 3 aromatic rings. The van der Waals surface area contributed by atoms with E-state index in [0.29, 0.717) is 18.4 Å². The molecular weight excluding hydrogens is 330 g/mol. The molecule has 0 spiro atoms. The van der Waals surface area contributed by atoms with Crippen molar-refractivity contribution in [1.82, 2.24) is 9.97 Å². The van der Waals surface area contributed by atoms with Crippen LogP contribution in [0.1, 0.15) is 11.1 Å². The Kier molecular flexibility index (Phi) is 6.01. The summed E-state index contributed by atoms with van der Waals surface area (Å²) in [5, 5.41) is 12.0. The summed E-state index contributed by atoms with van der Waals surface area (Å²) < 4.78 is 11.2. The van der Waals surface area contributed by atoms with Crippen molar-refractivity contribution in [3.8, 4) is 11.6 Å². The Morgan fingerprint density at radius 3 is 2.65 bits per heavy atom. The van der Waals surface area contributed by atoms with Gasteiger partial charge < -0.3 is 19.9 Å². The van der Waals surface area contributed by atoms with Crippen LogP contribution in [0.2, 0.25) is 0 Å². The maximum Gasteiger partial charge on any atom is 0.230 e. The number of nitrogens with one attached hydrogen (secondary N) is 1. The molecule has 0 aliphatic rings. The lowest BCUT2D eigenvalue weighted by atomic mass is 10.2. The molecule has 0 atom stereocenters. The van der Waals surface area contributed by atoms with E-state index in [1.807, 2.05) is 55.5 Å². The van der Waals surface area contributed by atoms with Crippen LogP contribution in [0.4, 0.5) is 11.6 Å². The second kappa shape index (κ2) is 8.82. The van der Waals surface area contributed by atoms with Crippen molar-refractivity contribution in [1.29, 1.82) is 0 Å². The van der Waals surface area contributed by atoms with E-state index in [2.05, 4.69) is 15.3 Å². The minimum Gasteiger partial charge on any atom is -0.491 e. The quantitative estimate of drug-likeness (QED) is 0.647. The highest BCUT2D eigenvalue weighted by molar-refractivity contribution is 5.57. The number of benzene rings is 2. The van der Waals surface area contributed by atoms with Crippen LogP contribution in [-0.4, -0.2) is 28.3 Å². The summed E-state index contributed by atoms with van der Waals surface area (Å²) in [6.45, 7) is 2.66. The molecule has 1 heterocycles. The molecule has 0 amide bonds. The van der Waals surface area contributed by atoms with E-state index in [-0.39, 0.29) is 13.2 Å². The number of rotatable bonds is 8. The van der Waals surface area contributed by atoms with Crippen LogP contribution in [-0.2, 0) is 6.61 Å². The first-order chi connectivity index (χ1) is 12.7. The molecule has 26 heavy (non-hydrogen) atoms. The van der Waals surface area contributed by atoms with Gasteiger partial charge in [-0.3, -0.25) is 0 Å². The van der Waals surface area contributed by atoms with Gasteiger partial charge in [0.1, 0.15) is 19.0 Å². The minimum atomic E-state index is -0.0109. The summed E-state index contributed by atoms with van der Waals surface area (Å²) >= 11 is 0. The second-order valence-corrected chi connectivity index (χ2v) is 5.67. The van der Waals surface area contributed by atoms with E-state index < -0.39 is 0 Å². The first-order valence-corrected chi connectivity index (χ1v) is 8.36. The molecule has 0 fully saturated rings. The largest absolute Gasteiger partial charge is 0.491 e. The third kappa shape index (κ3) is 4.94. The van der Waals surface area contributed by atoms with Crippen LogP contribution in [0.25, 0.3) is 0 Å². The van der Waals surface area contributed by atoms with Gasteiger partial charge in [0, 0.05) is 18.0 Å². The lowest BCUT2D eigenvalue weighted by Gasteiger charge is -2.11. The summed E-state index contributed by atoms with van der Waals surface area (Å²) in [6.07, 6.45) is 1.65. The Morgan fingerprint density at radius 2 is 1.88 bits per heavy atom. The van der Waals surface area contributed by atoms with Crippen LogP contribution in [0, 0.1) is 6.92 Å². The first-order valence-electron chi connectivity index (χ1n) is 8.36. The third-order valence-electron chi connectivity index (χ3n) is 3.64. The van der Waals surface area contributed by atoms with E-state index in [4.69, 9.17) is 14.6 Å². The maximum absolute atomic E-state index is 8.84. The van der Waals surface area contributed by atoms with Crippen LogP contribution in [0.5, 0.6) is 11.6 Å². The lowest BCUT2D eigenvalue weighted by molar-refractivity contribution is 0.200. The van der Waals surface area contributed by atoms with Gasteiger partial charge in [0.25, 0.3) is 0 Å². The summed E-state index contributed by atoms with van der Waals surface area (Å²) in [7, 11) is 0. The van der Waals surface area contributed by atoms with Gasteiger partial charge in [0.05, 0.1) is 6.61 Å². The SMILES string of the molecule is Cc1cc(Nc2nccc(OCc3ccccc3)n2)ccc1OCCO. The zero-order valence-electron chi connectivity index (χ0n) is 14.6. The van der Waals surface area contributed by atoms with Crippen molar-refractivity contribution < 1.29 is 14.6 Å². The van der Waals surface area contributed by atoms with Gasteiger partial charge in [-0.15, -0.1) is 0 Å². The molecule has 0 radical (unpaired) electrons. The fourth-order valence-electron chi connectivity index (χ4n) is 2.39. The molecule has 0 aliphatic heterocycles. The van der Waals surface area contributed by atoms with Crippen molar-refractivity contribution in [2.45, 2.75) is 13.5 Å². The Balaban J connectivity index is 1.64. The van der Waals surface area contributed by atoms with Crippen molar-refractivity contribution in [2.75, 3.05) is 18.5 Å². The zero-order valence-corrected chi connectivity index (χ0v) is 14.6. The molecule has 1 aromatic heterocycles. The Bertz CT molecular complexity index is 841. The summed E-state index contributed by atoms with van der Waals surface area (Å²) in [4.78, 5) is 8.60. The van der Waals surface area contributed by atoms with Crippen LogP contribution in [0.15, 0.2) is 60.8 Å². The van der Waals surface area contributed by atoms with E-state index in [1.54, 1.807) is 12.3 Å². The molecule has 0 saturated heterocycles. The van der Waals surface area contributed by atoms with E-state index in [9.17, 15) is 0 Å². The first kappa shape index (κ1) is 17.7. The molecule has 0 unspecified atom stereocenters. The number of anilines is 2. The van der Waals surface area contributed by atoms with E-state index in [1.165, 1.54) is 0 Å². The molecule has 2 aromatic carbocycles. The number of aromatic nitrogens is 2. The minimum absolute atomic E-state index is 0.0109. The van der Waals surface area contributed by atoms with Crippen LogP contribution < -0.4 is 14.8 Å². The van der Waals surface area contributed by atoms with Gasteiger partial charge in [0.2, 0.25) is 11.8 Å². The highest BCUT2D eigenvalue weighted by Crippen LogP contribution is 2.24. The van der Waals surface area contributed by atoms with Gasteiger partial charge in [-0.25, -0.2) is 4.98 Å². The van der Waals surface area contributed by atoms with Crippen molar-refractivity contribution in [3.63, 3.8) is 0 Å². The monoisotopic (exact) mass is 351 g/mol.